The van der Waals surface area contributed by atoms with Crippen molar-refractivity contribution >= 4 is 14.5 Å². The van der Waals surface area contributed by atoms with Crippen LogP contribution in [0.5, 0.6) is 0 Å². The SMILES string of the molecule is C[CH2][Al]([CH2]C)[O]C1CCC(C)CN1. The number of piperidine rings is 1. The lowest BCUT2D eigenvalue weighted by Crippen LogP contribution is -2.42. The van der Waals surface area contributed by atoms with E-state index in [0.29, 0.717) is 6.23 Å². The molecule has 1 N–H and O–H groups in total. The van der Waals surface area contributed by atoms with Crippen LogP contribution in [0, 0.1) is 5.92 Å². The van der Waals surface area contributed by atoms with Crippen LogP contribution >= 0.6 is 0 Å². The van der Waals surface area contributed by atoms with Crippen molar-refractivity contribution < 1.29 is 3.79 Å². The molecule has 76 valence electrons. The largest absolute Gasteiger partial charge is 0.487 e. The third-order valence-corrected chi connectivity index (χ3v) is 5.42. The summed E-state index contributed by atoms with van der Waals surface area (Å²) in [6.45, 7) is 7.95. The first-order chi connectivity index (χ1) is 6.26. The Balaban J connectivity index is 2.21. The number of hydrogen-bond donors (Lipinski definition) is 1. The minimum absolute atomic E-state index is 0.382. The molecule has 2 unspecified atom stereocenters. The number of rotatable bonds is 4. The summed E-state index contributed by atoms with van der Waals surface area (Å²) in [6, 6.07) is 0. The average molecular weight is 199 g/mol. The maximum Gasteiger partial charge on any atom is 0.461 e. The van der Waals surface area contributed by atoms with Crippen molar-refractivity contribution in [1.29, 1.82) is 0 Å². The lowest BCUT2D eigenvalue weighted by atomic mass is 10.0. The quantitative estimate of drug-likeness (QED) is 0.702. The van der Waals surface area contributed by atoms with Crippen molar-refractivity contribution in [3.8, 4) is 0 Å². The van der Waals surface area contributed by atoms with Crippen molar-refractivity contribution in [2.24, 2.45) is 5.92 Å². The molecule has 0 bridgehead atoms. The van der Waals surface area contributed by atoms with Crippen molar-refractivity contribution in [1.82, 2.24) is 5.32 Å². The van der Waals surface area contributed by atoms with Gasteiger partial charge in [0.15, 0.2) is 0 Å². The Morgan fingerprint density at radius 2 is 2.00 bits per heavy atom. The van der Waals surface area contributed by atoms with E-state index in [0.717, 1.165) is 12.5 Å². The monoisotopic (exact) mass is 199 g/mol. The first kappa shape index (κ1) is 11.5. The fourth-order valence-corrected chi connectivity index (χ4v) is 3.46. The average Bonchev–Trinajstić information content (AvgIpc) is 2.17. The van der Waals surface area contributed by atoms with E-state index >= 15 is 0 Å². The molecule has 1 aliphatic rings. The molecule has 0 radical (unpaired) electrons. The zero-order valence-electron chi connectivity index (χ0n) is 9.18. The second-order valence-corrected chi connectivity index (χ2v) is 7.30. The van der Waals surface area contributed by atoms with E-state index in [-0.39, 0.29) is 0 Å². The molecule has 0 aromatic carbocycles. The topological polar surface area (TPSA) is 21.3 Å². The Hall–Kier alpha value is 0.452. The summed E-state index contributed by atoms with van der Waals surface area (Å²) in [4.78, 5) is 0. The molecule has 1 aliphatic heterocycles. The molecule has 0 aromatic rings. The van der Waals surface area contributed by atoms with E-state index in [4.69, 9.17) is 3.79 Å². The van der Waals surface area contributed by atoms with Gasteiger partial charge in [-0.15, -0.1) is 0 Å². The van der Waals surface area contributed by atoms with Crippen LogP contribution in [-0.2, 0) is 3.79 Å². The van der Waals surface area contributed by atoms with Gasteiger partial charge in [0, 0.05) is 0 Å². The summed E-state index contributed by atoms with van der Waals surface area (Å²) in [5, 5.41) is 6.02. The maximum absolute atomic E-state index is 6.07. The minimum Gasteiger partial charge on any atom is -0.487 e. The normalized spacial score (nSPS) is 28.8. The van der Waals surface area contributed by atoms with Gasteiger partial charge in [-0.3, -0.25) is 5.32 Å². The summed E-state index contributed by atoms with van der Waals surface area (Å²) < 4.78 is 6.07. The lowest BCUT2D eigenvalue weighted by Gasteiger charge is -2.30. The molecule has 0 spiro atoms. The molecule has 2 nitrogen and oxygen atoms in total. The van der Waals surface area contributed by atoms with Crippen LogP contribution in [0.2, 0.25) is 10.6 Å². The molecule has 1 fully saturated rings. The van der Waals surface area contributed by atoms with Crippen molar-refractivity contribution in [3.63, 3.8) is 0 Å². The summed E-state index contributed by atoms with van der Waals surface area (Å²) >= 11 is -0.848. The van der Waals surface area contributed by atoms with Crippen molar-refractivity contribution in [3.05, 3.63) is 0 Å². The molecule has 2 atom stereocenters. The molecule has 1 heterocycles. The first-order valence-electron chi connectivity index (χ1n) is 5.65. The van der Waals surface area contributed by atoms with Gasteiger partial charge in [0.2, 0.25) is 0 Å². The zero-order chi connectivity index (χ0) is 9.68. The van der Waals surface area contributed by atoms with Crippen molar-refractivity contribution in [2.75, 3.05) is 6.54 Å². The highest BCUT2D eigenvalue weighted by Gasteiger charge is 2.23. The highest BCUT2D eigenvalue weighted by molar-refractivity contribution is 6.51. The van der Waals surface area contributed by atoms with Crippen LogP contribution < -0.4 is 5.32 Å². The number of hydrogen-bond acceptors (Lipinski definition) is 2. The second kappa shape index (κ2) is 6.03. The van der Waals surface area contributed by atoms with Gasteiger partial charge in [0.05, 0.1) is 6.23 Å². The summed E-state index contributed by atoms with van der Waals surface area (Å²) in [6.07, 6.45) is 2.92. The molecule has 0 saturated carbocycles. The van der Waals surface area contributed by atoms with Gasteiger partial charge >= 0.3 is 14.5 Å². The highest BCUT2D eigenvalue weighted by atomic mass is 27.2. The van der Waals surface area contributed by atoms with Crippen LogP contribution in [-0.4, -0.2) is 27.3 Å². The molecule has 1 saturated heterocycles. The van der Waals surface area contributed by atoms with E-state index in [1.165, 1.54) is 23.4 Å². The summed E-state index contributed by atoms with van der Waals surface area (Å²) in [5.41, 5.74) is 0. The Morgan fingerprint density at radius 1 is 1.31 bits per heavy atom. The van der Waals surface area contributed by atoms with Gasteiger partial charge in [-0.05, 0) is 25.3 Å². The van der Waals surface area contributed by atoms with E-state index < -0.39 is 14.5 Å². The van der Waals surface area contributed by atoms with Crippen LogP contribution in [0.4, 0.5) is 0 Å². The first-order valence-corrected chi connectivity index (χ1v) is 7.75. The summed E-state index contributed by atoms with van der Waals surface area (Å²) in [5.74, 6) is 0.836. The van der Waals surface area contributed by atoms with E-state index in [2.05, 4.69) is 26.1 Å². The predicted octanol–water partition coefficient (Wildman–Crippen LogP) is 2.38. The van der Waals surface area contributed by atoms with Gasteiger partial charge in [-0.1, -0.05) is 31.3 Å². The van der Waals surface area contributed by atoms with E-state index in [9.17, 15) is 0 Å². The zero-order valence-corrected chi connectivity index (χ0v) is 10.3. The van der Waals surface area contributed by atoms with E-state index in [1.807, 2.05) is 0 Å². The molecule has 3 heteroatoms. The smallest absolute Gasteiger partial charge is 0.461 e. The molecular formula is C10H22AlNO. The minimum atomic E-state index is -0.848. The fourth-order valence-electron chi connectivity index (χ4n) is 1.80. The fraction of sp³-hybridized carbons (Fsp3) is 1.00. The number of nitrogens with one attached hydrogen (secondary N) is 1. The van der Waals surface area contributed by atoms with Crippen LogP contribution in [0.1, 0.15) is 33.6 Å². The molecular weight excluding hydrogens is 177 g/mol. The van der Waals surface area contributed by atoms with Gasteiger partial charge in [0.25, 0.3) is 0 Å². The maximum atomic E-state index is 6.07. The highest BCUT2D eigenvalue weighted by Crippen LogP contribution is 2.16. The summed E-state index contributed by atoms with van der Waals surface area (Å²) in [7, 11) is 0. The van der Waals surface area contributed by atoms with Crippen LogP contribution in [0.25, 0.3) is 0 Å². The lowest BCUT2D eigenvalue weighted by molar-refractivity contribution is 0.113. The van der Waals surface area contributed by atoms with Crippen LogP contribution in [0.3, 0.4) is 0 Å². The van der Waals surface area contributed by atoms with Gasteiger partial charge in [0.1, 0.15) is 0 Å². The third kappa shape index (κ3) is 4.00. The molecule has 13 heavy (non-hydrogen) atoms. The second-order valence-electron chi connectivity index (χ2n) is 4.15. The predicted molar refractivity (Wildman–Crippen MR) is 58.0 cm³/mol. The molecule has 1 rings (SSSR count). The van der Waals surface area contributed by atoms with Crippen LogP contribution in [0.15, 0.2) is 0 Å². The molecule has 0 amide bonds. The Labute approximate surface area is 86.8 Å². The Kier molecular flexibility index (Phi) is 5.35. The molecule has 0 aromatic heterocycles. The standard InChI is InChI=1S/C6H12NO.2C2H5.Al/c1-5-2-3-6(8)7-4-5;2*1-2;/h5-7H,2-4H2,1H3;2*1H2,2H3;/q-1;;;+1. The third-order valence-electron chi connectivity index (χ3n) is 2.88. The van der Waals surface area contributed by atoms with Gasteiger partial charge < -0.3 is 3.79 Å². The van der Waals surface area contributed by atoms with Gasteiger partial charge in [-0.2, -0.15) is 0 Å². The Bertz CT molecular complexity index is 131. The molecule has 0 aliphatic carbocycles. The van der Waals surface area contributed by atoms with Crippen molar-refractivity contribution in [2.45, 2.75) is 50.4 Å². The Morgan fingerprint density at radius 3 is 2.46 bits per heavy atom. The van der Waals surface area contributed by atoms with Gasteiger partial charge in [-0.25, -0.2) is 0 Å². The van der Waals surface area contributed by atoms with E-state index in [1.54, 1.807) is 0 Å².